The second-order valence-corrected chi connectivity index (χ2v) is 3.86. The molecule has 80 valence electrons. The molecule has 0 aromatic heterocycles. The van der Waals surface area contributed by atoms with E-state index in [9.17, 15) is 9.18 Å². The van der Waals surface area contributed by atoms with Crippen LogP contribution in [0.5, 0.6) is 0 Å². The minimum absolute atomic E-state index is 0.0191. The summed E-state index contributed by atoms with van der Waals surface area (Å²) in [6.07, 6.45) is 0.817. The van der Waals surface area contributed by atoms with Gasteiger partial charge in [0.1, 0.15) is 5.82 Å². The van der Waals surface area contributed by atoms with Crippen LogP contribution < -0.4 is 10.6 Å². The maximum atomic E-state index is 12.7. The summed E-state index contributed by atoms with van der Waals surface area (Å²) in [5, 5.41) is 5.58. The highest BCUT2D eigenvalue weighted by atomic mass is 19.1. The van der Waals surface area contributed by atoms with Gasteiger partial charge in [-0.25, -0.2) is 9.18 Å². The molecule has 15 heavy (non-hydrogen) atoms. The molecule has 2 amide bonds. The molecule has 2 atom stereocenters. The highest BCUT2D eigenvalue weighted by Crippen LogP contribution is 2.21. The zero-order valence-corrected chi connectivity index (χ0v) is 8.46. The number of hydrogen-bond acceptors (Lipinski definition) is 1. The Kier molecular flexibility index (Phi) is 2.58. The molecule has 1 aliphatic heterocycles. The molecule has 1 aromatic rings. The molecule has 0 radical (unpaired) electrons. The van der Waals surface area contributed by atoms with E-state index in [0.717, 1.165) is 12.0 Å². The first-order valence-corrected chi connectivity index (χ1v) is 4.97. The first kappa shape index (κ1) is 9.96. The van der Waals surface area contributed by atoms with Gasteiger partial charge in [0.25, 0.3) is 0 Å². The van der Waals surface area contributed by atoms with E-state index in [1.807, 2.05) is 6.92 Å². The second kappa shape index (κ2) is 3.88. The van der Waals surface area contributed by atoms with Gasteiger partial charge >= 0.3 is 6.03 Å². The summed E-state index contributed by atoms with van der Waals surface area (Å²) in [4.78, 5) is 11.2. The van der Waals surface area contributed by atoms with Gasteiger partial charge in [0.2, 0.25) is 0 Å². The fourth-order valence-corrected chi connectivity index (χ4v) is 1.81. The average molecular weight is 208 g/mol. The molecule has 3 nitrogen and oxygen atoms in total. The van der Waals surface area contributed by atoms with Crippen LogP contribution in [0, 0.1) is 5.82 Å². The van der Waals surface area contributed by atoms with Crippen LogP contribution in [0.3, 0.4) is 0 Å². The average Bonchev–Trinajstić information content (AvgIpc) is 2.17. The zero-order chi connectivity index (χ0) is 10.8. The van der Waals surface area contributed by atoms with E-state index in [1.165, 1.54) is 12.1 Å². The van der Waals surface area contributed by atoms with Crippen molar-refractivity contribution in [2.75, 3.05) is 0 Å². The van der Waals surface area contributed by atoms with Crippen LogP contribution in [-0.4, -0.2) is 12.1 Å². The van der Waals surface area contributed by atoms with Gasteiger partial charge in [-0.15, -0.1) is 0 Å². The molecule has 0 bridgehead atoms. The quantitative estimate of drug-likeness (QED) is 0.727. The molecule has 2 N–H and O–H groups in total. The molecule has 1 aromatic carbocycles. The van der Waals surface area contributed by atoms with Crippen molar-refractivity contribution >= 4 is 6.03 Å². The minimum Gasteiger partial charge on any atom is -0.336 e. The highest BCUT2D eigenvalue weighted by molar-refractivity contribution is 5.75. The Balaban J connectivity index is 2.16. The number of halogens is 1. The van der Waals surface area contributed by atoms with E-state index < -0.39 is 0 Å². The van der Waals surface area contributed by atoms with Crippen molar-refractivity contribution in [3.05, 3.63) is 35.6 Å². The normalized spacial score (nSPS) is 25.6. The summed E-state index contributed by atoms with van der Waals surface area (Å²) in [7, 11) is 0. The van der Waals surface area contributed by atoms with E-state index in [-0.39, 0.29) is 23.9 Å². The Bertz CT molecular complexity index is 363. The Morgan fingerprint density at radius 3 is 2.53 bits per heavy atom. The number of rotatable bonds is 1. The van der Waals surface area contributed by atoms with Crippen molar-refractivity contribution in [3.63, 3.8) is 0 Å². The topological polar surface area (TPSA) is 41.1 Å². The molecule has 2 rings (SSSR count). The van der Waals surface area contributed by atoms with Crippen molar-refractivity contribution in [1.82, 2.24) is 10.6 Å². The van der Waals surface area contributed by atoms with Crippen molar-refractivity contribution in [2.45, 2.75) is 25.4 Å². The molecule has 0 aliphatic carbocycles. The lowest BCUT2D eigenvalue weighted by molar-refractivity contribution is 0.221. The zero-order valence-electron chi connectivity index (χ0n) is 8.46. The third kappa shape index (κ3) is 2.26. The first-order chi connectivity index (χ1) is 7.15. The van der Waals surface area contributed by atoms with E-state index in [2.05, 4.69) is 10.6 Å². The Morgan fingerprint density at radius 2 is 1.93 bits per heavy atom. The molecule has 1 saturated heterocycles. The lowest BCUT2D eigenvalue weighted by Gasteiger charge is -2.29. The molecule has 4 heteroatoms. The van der Waals surface area contributed by atoms with Gasteiger partial charge in [-0.1, -0.05) is 12.1 Å². The van der Waals surface area contributed by atoms with Gasteiger partial charge in [-0.3, -0.25) is 0 Å². The summed E-state index contributed by atoms with van der Waals surface area (Å²) in [5.41, 5.74) is 0.943. The van der Waals surface area contributed by atoms with Gasteiger partial charge in [0.05, 0.1) is 6.04 Å². The van der Waals surface area contributed by atoms with Crippen LogP contribution in [0.4, 0.5) is 9.18 Å². The van der Waals surface area contributed by atoms with Crippen LogP contribution in [0.2, 0.25) is 0 Å². The number of amides is 2. The molecular formula is C11H13FN2O. The van der Waals surface area contributed by atoms with Gasteiger partial charge < -0.3 is 10.6 Å². The van der Waals surface area contributed by atoms with E-state index in [0.29, 0.717) is 0 Å². The van der Waals surface area contributed by atoms with Gasteiger partial charge in [-0.2, -0.15) is 0 Å². The third-order valence-electron chi connectivity index (χ3n) is 2.54. The molecular weight excluding hydrogens is 195 g/mol. The number of nitrogens with one attached hydrogen (secondary N) is 2. The second-order valence-electron chi connectivity index (χ2n) is 3.86. The number of carbonyl (C=O) groups excluding carboxylic acids is 1. The van der Waals surface area contributed by atoms with Crippen molar-refractivity contribution in [2.24, 2.45) is 0 Å². The van der Waals surface area contributed by atoms with Crippen molar-refractivity contribution in [3.8, 4) is 0 Å². The van der Waals surface area contributed by atoms with Crippen LogP contribution in [0.1, 0.15) is 24.9 Å². The molecule has 0 saturated carbocycles. The van der Waals surface area contributed by atoms with Crippen LogP contribution in [-0.2, 0) is 0 Å². The lowest BCUT2D eigenvalue weighted by atomic mass is 9.98. The summed E-state index contributed by atoms with van der Waals surface area (Å²) < 4.78 is 12.7. The van der Waals surface area contributed by atoms with E-state index in [4.69, 9.17) is 0 Å². The Labute approximate surface area is 87.7 Å². The molecule has 1 aliphatic rings. The van der Waals surface area contributed by atoms with Gasteiger partial charge in [-0.05, 0) is 31.0 Å². The summed E-state index contributed by atoms with van der Waals surface area (Å²) in [6, 6.07) is 6.20. The minimum atomic E-state index is -0.257. The molecule has 1 unspecified atom stereocenters. The smallest absolute Gasteiger partial charge is 0.315 e. The Hall–Kier alpha value is -1.58. The number of hydrogen-bond donors (Lipinski definition) is 2. The predicted molar refractivity (Wildman–Crippen MR) is 54.9 cm³/mol. The maximum Gasteiger partial charge on any atom is 0.315 e. The standard InChI is InChI=1S/C11H13FN2O/c1-7-6-10(14-11(15)13-7)8-2-4-9(12)5-3-8/h2-5,7,10H,6H2,1H3,(H2,13,14,15)/t7?,10-/m0/s1. The Morgan fingerprint density at radius 1 is 1.27 bits per heavy atom. The largest absolute Gasteiger partial charge is 0.336 e. The maximum absolute atomic E-state index is 12.7. The fourth-order valence-electron chi connectivity index (χ4n) is 1.81. The number of benzene rings is 1. The van der Waals surface area contributed by atoms with Crippen LogP contribution >= 0.6 is 0 Å². The summed E-state index contributed by atoms with van der Waals surface area (Å²) in [6.45, 7) is 1.95. The lowest BCUT2D eigenvalue weighted by Crippen LogP contribution is -2.49. The first-order valence-electron chi connectivity index (χ1n) is 4.97. The monoisotopic (exact) mass is 208 g/mol. The van der Waals surface area contributed by atoms with Crippen LogP contribution in [0.15, 0.2) is 24.3 Å². The van der Waals surface area contributed by atoms with Gasteiger partial charge in [0, 0.05) is 6.04 Å². The van der Waals surface area contributed by atoms with E-state index >= 15 is 0 Å². The van der Waals surface area contributed by atoms with E-state index in [1.54, 1.807) is 12.1 Å². The van der Waals surface area contributed by atoms with Crippen LogP contribution in [0.25, 0.3) is 0 Å². The predicted octanol–water partition coefficient (Wildman–Crippen LogP) is 1.96. The number of urea groups is 1. The fraction of sp³-hybridized carbons (Fsp3) is 0.364. The highest BCUT2D eigenvalue weighted by Gasteiger charge is 2.23. The molecule has 1 heterocycles. The third-order valence-corrected chi connectivity index (χ3v) is 2.54. The molecule has 1 fully saturated rings. The van der Waals surface area contributed by atoms with Crippen molar-refractivity contribution in [1.29, 1.82) is 0 Å². The van der Waals surface area contributed by atoms with Gasteiger partial charge in [0.15, 0.2) is 0 Å². The number of carbonyl (C=O) groups is 1. The summed E-state index contributed by atoms with van der Waals surface area (Å²) >= 11 is 0. The summed E-state index contributed by atoms with van der Waals surface area (Å²) in [5.74, 6) is -0.257. The van der Waals surface area contributed by atoms with Crippen molar-refractivity contribution < 1.29 is 9.18 Å². The SMILES string of the molecule is CC1C[C@@H](c2ccc(F)cc2)NC(=O)N1. The molecule has 0 spiro atoms.